The number of esters is 1. The monoisotopic (exact) mass is 492 g/mol. The summed E-state index contributed by atoms with van der Waals surface area (Å²) < 4.78 is 13.1. The van der Waals surface area contributed by atoms with E-state index in [4.69, 9.17) is 14.6 Å². The Bertz CT molecular complexity index is 1340. The zero-order valence-corrected chi connectivity index (χ0v) is 21.2. The van der Waals surface area contributed by atoms with Crippen molar-refractivity contribution in [2.45, 2.75) is 44.8 Å². The first-order valence-corrected chi connectivity index (χ1v) is 12.9. The fourth-order valence-electron chi connectivity index (χ4n) is 4.99. The molecule has 3 aromatic carbocycles. The Labute approximate surface area is 218 Å². The maximum absolute atomic E-state index is 11.9. The Morgan fingerprint density at radius 3 is 2.24 bits per heavy atom. The highest BCUT2D eigenvalue weighted by molar-refractivity contribution is 5.92. The molecule has 1 heterocycles. The van der Waals surface area contributed by atoms with Gasteiger partial charge in [-0.05, 0) is 54.3 Å². The van der Waals surface area contributed by atoms with E-state index in [1.807, 2.05) is 48.5 Å². The highest BCUT2D eigenvalue weighted by Crippen LogP contribution is 2.41. The molecule has 1 saturated carbocycles. The lowest BCUT2D eigenvalue weighted by Gasteiger charge is -2.24. The van der Waals surface area contributed by atoms with Gasteiger partial charge in [0.05, 0.1) is 24.5 Å². The molecule has 0 bridgehead atoms. The van der Waals surface area contributed by atoms with Crippen molar-refractivity contribution >= 4 is 12.0 Å². The quantitative estimate of drug-likeness (QED) is 0.189. The number of hydrogen-bond acceptors (Lipinski definition) is 4. The number of carbonyl (C=O) groups is 1. The highest BCUT2D eigenvalue weighted by Gasteiger charge is 2.25. The minimum Gasteiger partial charge on any atom is -0.489 e. The summed E-state index contributed by atoms with van der Waals surface area (Å²) in [6, 6.07) is 29.0. The summed E-state index contributed by atoms with van der Waals surface area (Å²) in [5, 5.41) is 5.08. The maximum atomic E-state index is 11.9. The Kier molecular flexibility index (Phi) is 7.80. The first kappa shape index (κ1) is 24.6. The van der Waals surface area contributed by atoms with Crippen LogP contribution in [0, 0.1) is 0 Å². The SMILES string of the molecule is COC(=O)C=Cc1nn(C2CCCCC2)c(-c2ccc(OCc3ccccc3)cc2)c1-c1ccccc1. The number of carbonyl (C=O) groups excluding carboxylic acids is 1. The largest absolute Gasteiger partial charge is 0.489 e. The van der Waals surface area contributed by atoms with Crippen LogP contribution in [0.3, 0.4) is 0 Å². The third-order valence-corrected chi connectivity index (χ3v) is 6.88. The van der Waals surface area contributed by atoms with Gasteiger partial charge in [0.2, 0.25) is 0 Å². The Morgan fingerprint density at radius 2 is 1.57 bits per heavy atom. The van der Waals surface area contributed by atoms with Crippen molar-refractivity contribution in [1.82, 2.24) is 9.78 Å². The molecular formula is C32H32N2O3. The van der Waals surface area contributed by atoms with E-state index < -0.39 is 5.97 Å². The second-order valence-electron chi connectivity index (χ2n) is 9.37. The summed E-state index contributed by atoms with van der Waals surface area (Å²) in [7, 11) is 1.39. The number of hydrogen-bond donors (Lipinski definition) is 0. The third kappa shape index (κ3) is 5.83. The summed E-state index contributed by atoms with van der Waals surface area (Å²) in [6.07, 6.45) is 9.08. The summed E-state index contributed by atoms with van der Waals surface area (Å²) in [6.45, 7) is 0.526. The molecular weight excluding hydrogens is 460 g/mol. The molecule has 0 spiro atoms. The molecule has 0 atom stereocenters. The van der Waals surface area contributed by atoms with Gasteiger partial charge in [-0.15, -0.1) is 0 Å². The number of benzene rings is 3. The zero-order chi connectivity index (χ0) is 25.5. The fourth-order valence-corrected chi connectivity index (χ4v) is 4.99. The summed E-state index contributed by atoms with van der Waals surface area (Å²) in [4.78, 5) is 11.9. The van der Waals surface area contributed by atoms with E-state index in [1.54, 1.807) is 6.08 Å². The van der Waals surface area contributed by atoms with Gasteiger partial charge < -0.3 is 9.47 Å². The van der Waals surface area contributed by atoms with Crippen LogP contribution in [0.2, 0.25) is 0 Å². The molecule has 0 saturated heterocycles. The molecule has 0 aliphatic heterocycles. The molecule has 0 N–H and O–H groups in total. The number of nitrogens with zero attached hydrogens (tertiary/aromatic N) is 2. The van der Waals surface area contributed by atoms with Crippen LogP contribution in [0.4, 0.5) is 0 Å². The molecule has 5 heteroatoms. The molecule has 188 valence electrons. The highest BCUT2D eigenvalue weighted by atomic mass is 16.5. The van der Waals surface area contributed by atoms with Crippen molar-refractivity contribution in [3.63, 3.8) is 0 Å². The van der Waals surface area contributed by atoms with E-state index in [1.165, 1.54) is 32.4 Å². The smallest absolute Gasteiger partial charge is 0.330 e. The Hall–Kier alpha value is -4.12. The first-order chi connectivity index (χ1) is 18.2. The fraction of sp³-hybridized carbons (Fsp3) is 0.250. The van der Waals surface area contributed by atoms with Crippen LogP contribution in [-0.4, -0.2) is 22.9 Å². The van der Waals surface area contributed by atoms with E-state index in [9.17, 15) is 4.79 Å². The van der Waals surface area contributed by atoms with E-state index in [0.29, 0.717) is 12.6 Å². The van der Waals surface area contributed by atoms with Crippen LogP contribution >= 0.6 is 0 Å². The lowest BCUT2D eigenvalue weighted by Crippen LogP contribution is -2.15. The molecule has 5 rings (SSSR count). The van der Waals surface area contributed by atoms with Crippen molar-refractivity contribution in [3.8, 4) is 28.1 Å². The molecule has 1 aliphatic rings. The van der Waals surface area contributed by atoms with Gasteiger partial charge in [-0.1, -0.05) is 79.9 Å². The van der Waals surface area contributed by atoms with Crippen LogP contribution in [0.25, 0.3) is 28.5 Å². The van der Waals surface area contributed by atoms with Crippen molar-refractivity contribution in [2.24, 2.45) is 0 Å². The minimum absolute atomic E-state index is 0.320. The first-order valence-electron chi connectivity index (χ1n) is 12.9. The Balaban J connectivity index is 1.56. The van der Waals surface area contributed by atoms with Gasteiger partial charge in [-0.3, -0.25) is 4.68 Å². The predicted molar refractivity (Wildman–Crippen MR) is 147 cm³/mol. The average molecular weight is 493 g/mol. The molecule has 1 aromatic heterocycles. The molecule has 4 aromatic rings. The summed E-state index contributed by atoms with van der Waals surface area (Å²) in [5.74, 6) is 0.427. The van der Waals surface area contributed by atoms with Crippen LogP contribution in [0.5, 0.6) is 5.75 Å². The zero-order valence-electron chi connectivity index (χ0n) is 21.2. The van der Waals surface area contributed by atoms with Gasteiger partial charge in [0, 0.05) is 17.2 Å². The van der Waals surface area contributed by atoms with E-state index in [0.717, 1.165) is 52.2 Å². The summed E-state index contributed by atoms with van der Waals surface area (Å²) >= 11 is 0. The lowest BCUT2D eigenvalue weighted by molar-refractivity contribution is -0.134. The molecule has 0 amide bonds. The van der Waals surface area contributed by atoms with Gasteiger partial charge in [-0.2, -0.15) is 5.10 Å². The minimum atomic E-state index is -0.396. The average Bonchev–Trinajstić information content (AvgIpc) is 3.36. The normalized spacial score (nSPS) is 14.1. The van der Waals surface area contributed by atoms with Crippen molar-refractivity contribution in [2.75, 3.05) is 7.11 Å². The van der Waals surface area contributed by atoms with Crippen LogP contribution in [0.15, 0.2) is 91.0 Å². The third-order valence-electron chi connectivity index (χ3n) is 6.88. The predicted octanol–water partition coefficient (Wildman–Crippen LogP) is 7.49. The standard InChI is InChI=1S/C32H32N2O3/c1-36-30(35)22-21-29-31(25-13-7-3-8-14-25)32(34(33-29)27-15-9-4-10-16-27)26-17-19-28(20-18-26)37-23-24-11-5-2-6-12-24/h2-3,5-8,11-14,17-22,27H,4,9-10,15-16,23H2,1H3. The van der Waals surface area contributed by atoms with Gasteiger partial charge in [0.25, 0.3) is 0 Å². The Morgan fingerprint density at radius 1 is 0.892 bits per heavy atom. The number of ether oxygens (including phenoxy) is 2. The van der Waals surface area contributed by atoms with Crippen LogP contribution in [-0.2, 0) is 16.1 Å². The second kappa shape index (κ2) is 11.7. The number of rotatable bonds is 8. The van der Waals surface area contributed by atoms with Gasteiger partial charge >= 0.3 is 5.97 Å². The second-order valence-corrected chi connectivity index (χ2v) is 9.37. The molecule has 1 fully saturated rings. The van der Waals surface area contributed by atoms with Gasteiger partial charge in [0.15, 0.2) is 0 Å². The maximum Gasteiger partial charge on any atom is 0.330 e. The van der Waals surface area contributed by atoms with Crippen molar-refractivity contribution in [1.29, 1.82) is 0 Å². The van der Waals surface area contributed by atoms with Crippen LogP contribution < -0.4 is 4.74 Å². The summed E-state index contributed by atoms with van der Waals surface area (Å²) in [5.41, 5.74) is 6.12. The molecule has 37 heavy (non-hydrogen) atoms. The molecule has 1 aliphatic carbocycles. The number of methoxy groups -OCH3 is 1. The van der Waals surface area contributed by atoms with Gasteiger partial charge in [0.1, 0.15) is 12.4 Å². The van der Waals surface area contributed by atoms with E-state index in [2.05, 4.69) is 41.1 Å². The molecule has 0 unspecified atom stereocenters. The topological polar surface area (TPSA) is 53.3 Å². The molecule has 5 nitrogen and oxygen atoms in total. The number of aromatic nitrogens is 2. The van der Waals surface area contributed by atoms with E-state index in [-0.39, 0.29) is 0 Å². The van der Waals surface area contributed by atoms with E-state index >= 15 is 0 Å². The lowest BCUT2D eigenvalue weighted by atomic mass is 9.94. The van der Waals surface area contributed by atoms with Crippen molar-refractivity contribution in [3.05, 3.63) is 102 Å². The molecule has 0 radical (unpaired) electrons. The van der Waals surface area contributed by atoms with Crippen LogP contribution in [0.1, 0.15) is 49.4 Å². The van der Waals surface area contributed by atoms with Gasteiger partial charge in [-0.25, -0.2) is 4.79 Å². The van der Waals surface area contributed by atoms with Crippen molar-refractivity contribution < 1.29 is 14.3 Å².